The number of ether oxygens (including phenoxy) is 1. The second kappa shape index (κ2) is 5.42. The van der Waals surface area contributed by atoms with Gasteiger partial charge in [0.05, 0.1) is 0 Å². The highest BCUT2D eigenvalue weighted by molar-refractivity contribution is 5.93. The first-order valence-electron chi connectivity index (χ1n) is 7.10. The Morgan fingerprint density at radius 2 is 2.00 bits per heavy atom. The zero-order valence-electron chi connectivity index (χ0n) is 12.3. The third kappa shape index (κ3) is 3.29. The van der Waals surface area contributed by atoms with E-state index in [0.29, 0.717) is 25.8 Å². The fourth-order valence-electron chi connectivity index (χ4n) is 2.64. The van der Waals surface area contributed by atoms with E-state index in [1.54, 1.807) is 4.90 Å². The Balaban J connectivity index is 2.01. The van der Waals surface area contributed by atoms with Crippen LogP contribution < -0.4 is 5.32 Å². The highest BCUT2D eigenvalue weighted by atomic mass is 16.6. The molecular weight excluding hydrogens is 260 g/mol. The Morgan fingerprint density at radius 1 is 1.30 bits per heavy atom. The number of hydrogen-bond donors (Lipinski definition) is 1. The van der Waals surface area contributed by atoms with Gasteiger partial charge in [-0.2, -0.15) is 0 Å². The largest absolute Gasteiger partial charge is 0.458 e. The Bertz CT molecular complexity index is 427. The molecule has 0 aliphatic carbocycles. The van der Waals surface area contributed by atoms with E-state index in [0.717, 1.165) is 6.42 Å². The number of amides is 2. The predicted molar refractivity (Wildman–Crippen MR) is 71.7 cm³/mol. The van der Waals surface area contributed by atoms with Gasteiger partial charge in [0.15, 0.2) is 0 Å². The summed E-state index contributed by atoms with van der Waals surface area (Å²) >= 11 is 0. The van der Waals surface area contributed by atoms with Crippen LogP contribution in [0.3, 0.4) is 0 Å². The molecule has 0 spiro atoms. The highest BCUT2D eigenvalue weighted by Crippen LogP contribution is 2.23. The molecule has 6 nitrogen and oxygen atoms in total. The minimum Gasteiger partial charge on any atom is -0.458 e. The number of rotatable bonds is 2. The number of nitrogens with zero attached hydrogens (tertiary/aromatic N) is 1. The molecule has 20 heavy (non-hydrogen) atoms. The standard InChI is InChI=1S/C14H22N2O4/c1-14(2,3)20-13(19)10-5-4-8-16(10)12(18)9-6-7-11(17)15-9/h9-10H,4-8H2,1-3H3,(H,15,17)/t9-,10+/m1/s1. The van der Waals surface area contributed by atoms with E-state index >= 15 is 0 Å². The van der Waals surface area contributed by atoms with E-state index in [1.165, 1.54) is 0 Å². The van der Waals surface area contributed by atoms with Gasteiger partial charge in [-0.05, 0) is 40.0 Å². The summed E-state index contributed by atoms with van der Waals surface area (Å²) in [4.78, 5) is 37.3. The minimum atomic E-state index is -0.560. The van der Waals surface area contributed by atoms with Crippen molar-refractivity contribution in [3.05, 3.63) is 0 Å². The lowest BCUT2D eigenvalue weighted by Crippen LogP contribution is -2.50. The van der Waals surface area contributed by atoms with Crippen molar-refractivity contribution < 1.29 is 19.1 Å². The smallest absolute Gasteiger partial charge is 0.329 e. The molecule has 1 N–H and O–H groups in total. The molecule has 0 aromatic heterocycles. The molecule has 0 aromatic carbocycles. The number of carbonyl (C=O) groups is 3. The van der Waals surface area contributed by atoms with E-state index in [4.69, 9.17) is 4.74 Å². The minimum absolute atomic E-state index is 0.101. The molecule has 2 atom stereocenters. The van der Waals surface area contributed by atoms with Crippen LogP contribution in [0.4, 0.5) is 0 Å². The summed E-state index contributed by atoms with van der Waals surface area (Å²) in [5.41, 5.74) is -0.560. The second-order valence-corrected chi connectivity index (χ2v) is 6.38. The molecule has 6 heteroatoms. The topological polar surface area (TPSA) is 75.7 Å². The molecule has 0 bridgehead atoms. The first kappa shape index (κ1) is 14.8. The summed E-state index contributed by atoms with van der Waals surface area (Å²) in [6, 6.07) is -0.996. The highest BCUT2D eigenvalue weighted by Gasteiger charge is 2.40. The van der Waals surface area contributed by atoms with Gasteiger partial charge in [0.2, 0.25) is 11.8 Å². The van der Waals surface area contributed by atoms with Crippen LogP contribution in [-0.2, 0) is 19.1 Å². The molecule has 112 valence electrons. The van der Waals surface area contributed by atoms with Crippen molar-refractivity contribution in [2.75, 3.05) is 6.54 Å². The third-order valence-electron chi connectivity index (χ3n) is 3.51. The second-order valence-electron chi connectivity index (χ2n) is 6.38. The Morgan fingerprint density at radius 3 is 2.55 bits per heavy atom. The van der Waals surface area contributed by atoms with Gasteiger partial charge in [0.25, 0.3) is 0 Å². The maximum absolute atomic E-state index is 12.4. The summed E-state index contributed by atoms with van der Waals surface area (Å²) in [5.74, 6) is -0.617. The van der Waals surface area contributed by atoms with Crippen molar-refractivity contribution in [1.29, 1.82) is 0 Å². The van der Waals surface area contributed by atoms with E-state index in [1.807, 2.05) is 20.8 Å². The lowest BCUT2D eigenvalue weighted by molar-refractivity contribution is -0.163. The van der Waals surface area contributed by atoms with Gasteiger partial charge in [0, 0.05) is 13.0 Å². The lowest BCUT2D eigenvalue weighted by Gasteiger charge is -2.28. The van der Waals surface area contributed by atoms with Crippen molar-refractivity contribution in [3.8, 4) is 0 Å². The number of hydrogen-bond acceptors (Lipinski definition) is 4. The van der Waals surface area contributed by atoms with Gasteiger partial charge in [-0.25, -0.2) is 4.79 Å². The van der Waals surface area contributed by atoms with E-state index in [2.05, 4.69) is 5.32 Å². The fraction of sp³-hybridized carbons (Fsp3) is 0.786. The number of nitrogens with one attached hydrogen (secondary N) is 1. The molecule has 2 aliphatic rings. The van der Waals surface area contributed by atoms with Gasteiger partial charge >= 0.3 is 5.97 Å². The van der Waals surface area contributed by atoms with Crippen LogP contribution in [-0.4, -0.2) is 46.9 Å². The maximum Gasteiger partial charge on any atom is 0.329 e. The molecule has 0 radical (unpaired) electrons. The summed E-state index contributed by atoms with van der Waals surface area (Å²) in [7, 11) is 0. The van der Waals surface area contributed by atoms with Crippen LogP contribution in [0.5, 0.6) is 0 Å². The number of esters is 1. The van der Waals surface area contributed by atoms with Gasteiger partial charge < -0.3 is 15.0 Å². The molecule has 0 aromatic rings. The zero-order valence-corrected chi connectivity index (χ0v) is 12.3. The normalized spacial score (nSPS) is 26.6. The third-order valence-corrected chi connectivity index (χ3v) is 3.51. The lowest BCUT2D eigenvalue weighted by atomic mass is 10.1. The molecular formula is C14H22N2O4. The zero-order chi connectivity index (χ0) is 14.9. The van der Waals surface area contributed by atoms with Gasteiger partial charge in [0.1, 0.15) is 17.7 Å². The SMILES string of the molecule is CC(C)(C)OC(=O)[C@@H]1CCCN1C(=O)[C@H]1CCC(=O)N1. The molecule has 2 saturated heterocycles. The molecule has 2 amide bonds. The van der Waals surface area contributed by atoms with Crippen LogP contribution in [0.15, 0.2) is 0 Å². The average molecular weight is 282 g/mol. The molecule has 0 unspecified atom stereocenters. The fourth-order valence-corrected chi connectivity index (χ4v) is 2.64. The quantitative estimate of drug-likeness (QED) is 0.752. The summed E-state index contributed by atoms with van der Waals surface area (Å²) in [5, 5.41) is 2.66. The van der Waals surface area contributed by atoms with Gasteiger partial charge in [-0.15, -0.1) is 0 Å². The van der Waals surface area contributed by atoms with Crippen LogP contribution >= 0.6 is 0 Å². The maximum atomic E-state index is 12.4. The first-order chi connectivity index (χ1) is 9.28. The van der Waals surface area contributed by atoms with Crippen molar-refractivity contribution in [2.24, 2.45) is 0 Å². The summed E-state index contributed by atoms with van der Waals surface area (Å²) < 4.78 is 5.37. The van der Waals surface area contributed by atoms with E-state index in [9.17, 15) is 14.4 Å². The molecule has 2 aliphatic heterocycles. The van der Waals surface area contributed by atoms with Crippen molar-refractivity contribution in [3.63, 3.8) is 0 Å². The van der Waals surface area contributed by atoms with Crippen LogP contribution in [0.1, 0.15) is 46.5 Å². The molecule has 2 fully saturated rings. The van der Waals surface area contributed by atoms with E-state index < -0.39 is 17.7 Å². The molecule has 2 heterocycles. The first-order valence-corrected chi connectivity index (χ1v) is 7.10. The van der Waals surface area contributed by atoms with Gasteiger partial charge in [-0.1, -0.05) is 0 Å². The molecule has 0 saturated carbocycles. The monoisotopic (exact) mass is 282 g/mol. The Kier molecular flexibility index (Phi) is 4.01. The Hall–Kier alpha value is -1.59. The van der Waals surface area contributed by atoms with Crippen molar-refractivity contribution >= 4 is 17.8 Å². The predicted octanol–water partition coefficient (Wildman–Crippen LogP) is 0.598. The number of likely N-dealkylation sites (tertiary alicyclic amines) is 1. The van der Waals surface area contributed by atoms with Crippen molar-refractivity contribution in [2.45, 2.75) is 64.1 Å². The van der Waals surface area contributed by atoms with E-state index in [-0.39, 0.29) is 17.8 Å². The number of carbonyl (C=O) groups excluding carboxylic acids is 3. The Labute approximate surface area is 118 Å². The summed E-state index contributed by atoms with van der Waals surface area (Å²) in [6.45, 7) is 5.98. The average Bonchev–Trinajstić information content (AvgIpc) is 2.93. The van der Waals surface area contributed by atoms with Crippen molar-refractivity contribution in [1.82, 2.24) is 10.2 Å². The van der Waals surface area contributed by atoms with Crippen LogP contribution in [0.2, 0.25) is 0 Å². The molecule has 2 rings (SSSR count). The van der Waals surface area contributed by atoms with Gasteiger partial charge in [-0.3, -0.25) is 9.59 Å². The van der Waals surface area contributed by atoms with Crippen LogP contribution in [0.25, 0.3) is 0 Å². The van der Waals surface area contributed by atoms with Crippen LogP contribution in [0, 0.1) is 0 Å². The summed E-state index contributed by atoms with van der Waals surface area (Å²) in [6.07, 6.45) is 2.30.